The van der Waals surface area contributed by atoms with E-state index < -0.39 is 0 Å². The highest BCUT2D eigenvalue weighted by molar-refractivity contribution is 6.09. The van der Waals surface area contributed by atoms with E-state index in [9.17, 15) is 14.7 Å². The van der Waals surface area contributed by atoms with Crippen LogP contribution in [0.1, 0.15) is 20.7 Å². The summed E-state index contributed by atoms with van der Waals surface area (Å²) in [5.74, 6) is 0.578. The number of aromatic hydroxyl groups is 1. The highest BCUT2D eigenvalue weighted by Crippen LogP contribution is 2.39. The second-order valence-electron chi connectivity index (χ2n) is 8.06. The molecule has 0 heterocycles. The van der Waals surface area contributed by atoms with Crippen LogP contribution in [0.25, 0.3) is 33.0 Å². The number of hydrogen-bond donors (Lipinski definition) is 1. The lowest BCUT2D eigenvalue weighted by Crippen LogP contribution is -2.21. The summed E-state index contributed by atoms with van der Waals surface area (Å²) in [6, 6.07) is 20.6. The number of phenolic OH excluding ortho intramolecular Hbond substituents is 1. The van der Waals surface area contributed by atoms with Gasteiger partial charge in [0.05, 0.1) is 25.3 Å². The molecule has 1 amide bonds. The Labute approximate surface area is 198 Å². The fourth-order valence-electron chi connectivity index (χ4n) is 4.07. The van der Waals surface area contributed by atoms with Gasteiger partial charge in [-0.3, -0.25) is 9.59 Å². The van der Waals surface area contributed by atoms with Crippen LogP contribution in [0.4, 0.5) is 0 Å². The number of carbonyl (C=O) groups is 2. The molecule has 1 N–H and O–H groups in total. The SMILES string of the molecule is COc1cc(-c2ccc(-c3cc(C(=O)N(C)C)c(O)c4ccccc34)cc2)cc(OC)c1C=O. The second kappa shape index (κ2) is 9.27. The highest BCUT2D eigenvalue weighted by Gasteiger charge is 2.19. The summed E-state index contributed by atoms with van der Waals surface area (Å²) >= 11 is 0. The van der Waals surface area contributed by atoms with Gasteiger partial charge in [0, 0.05) is 19.5 Å². The second-order valence-corrected chi connectivity index (χ2v) is 8.06. The van der Waals surface area contributed by atoms with Gasteiger partial charge in [-0.25, -0.2) is 0 Å². The van der Waals surface area contributed by atoms with Gasteiger partial charge in [0.25, 0.3) is 5.91 Å². The summed E-state index contributed by atoms with van der Waals surface area (Å²) in [6.45, 7) is 0. The van der Waals surface area contributed by atoms with Crippen LogP contribution >= 0.6 is 0 Å². The third-order valence-corrected chi connectivity index (χ3v) is 5.84. The van der Waals surface area contributed by atoms with E-state index in [2.05, 4.69) is 0 Å². The van der Waals surface area contributed by atoms with Crippen molar-refractivity contribution in [2.45, 2.75) is 0 Å². The minimum Gasteiger partial charge on any atom is -0.506 e. The number of benzene rings is 4. The van der Waals surface area contributed by atoms with Crippen molar-refractivity contribution in [3.05, 3.63) is 77.9 Å². The lowest BCUT2D eigenvalue weighted by atomic mass is 9.93. The van der Waals surface area contributed by atoms with Crippen molar-refractivity contribution in [2.24, 2.45) is 0 Å². The topological polar surface area (TPSA) is 76.1 Å². The van der Waals surface area contributed by atoms with E-state index in [1.165, 1.54) is 19.1 Å². The number of amides is 1. The van der Waals surface area contributed by atoms with Gasteiger partial charge in [-0.1, -0.05) is 48.5 Å². The largest absolute Gasteiger partial charge is 0.506 e. The summed E-state index contributed by atoms with van der Waals surface area (Å²) in [5.41, 5.74) is 4.10. The molecule has 4 aromatic carbocycles. The van der Waals surface area contributed by atoms with Crippen LogP contribution in [0, 0.1) is 0 Å². The summed E-state index contributed by atoms with van der Waals surface area (Å²) in [6.07, 6.45) is 0.715. The summed E-state index contributed by atoms with van der Waals surface area (Å²) in [5, 5.41) is 12.2. The maximum atomic E-state index is 12.7. The fraction of sp³-hybridized carbons (Fsp3) is 0.143. The number of ether oxygens (including phenoxy) is 2. The molecule has 0 radical (unpaired) electrons. The first-order chi connectivity index (χ1) is 16.4. The summed E-state index contributed by atoms with van der Waals surface area (Å²) in [4.78, 5) is 25.6. The fourth-order valence-corrected chi connectivity index (χ4v) is 4.07. The van der Waals surface area contributed by atoms with Crippen LogP contribution in [-0.2, 0) is 0 Å². The molecule has 0 aliphatic heterocycles. The van der Waals surface area contributed by atoms with E-state index in [4.69, 9.17) is 9.47 Å². The number of hydrogen-bond acceptors (Lipinski definition) is 5. The molecule has 172 valence electrons. The Morgan fingerprint density at radius 1 is 0.824 bits per heavy atom. The van der Waals surface area contributed by atoms with E-state index in [-0.39, 0.29) is 17.2 Å². The van der Waals surface area contributed by atoms with E-state index in [0.717, 1.165) is 27.6 Å². The molecular formula is C28H25NO5. The molecule has 0 saturated heterocycles. The Bertz CT molecular complexity index is 1370. The Balaban J connectivity index is 1.84. The molecule has 0 saturated carbocycles. The third-order valence-electron chi connectivity index (χ3n) is 5.84. The molecule has 0 bridgehead atoms. The number of methoxy groups -OCH3 is 2. The molecule has 4 aromatic rings. The van der Waals surface area contributed by atoms with Crippen molar-refractivity contribution >= 4 is 23.0 Å². The number of rotatable bonds is 6. The zero-order valence-corrected chi connectivity index (χ0v) is 19.5. The monoisotopic (exact) mass is 455 g/mol. The van der Waals surface area contributed by atoms with Crippen molar-refractivity contribution in [3.8, 4) is 39.5 Å². The van der Waals surface area contributed by atoms with Gasteiger partial charge in [-0.15, -0.1) is 0 Å². The van der Waals surface area contributed by atoms with E-state index in [1.807, 2.05) is 48.5 Å². The first kappa shape index (κ1) is 22.9. The van der Waals surface area contributed by atoms with E-state index in [1.54, 1.807) is 32.3 Å². The molecule has 34 heavy (non-hydrogen) atoms. The molecule has 0 atom stereocenters. The average Bonchev–Trinajstić information content (AvgIpc) is 2.87. The molecule has 0 spiro atoms. The summed E-state index contributed by atoms with van der Waals surface area (Å²) < 4.78 is 10.8. The number of nitrogens with zero attached hydrogens (tertiary/aromatic N) is 1. The first-order valence-electron chi connectivity index (χ1n) is 10.7. The standard InChI is InChI=1S/C28H25NO5/c1-29(2)28(32)23-15-22(20-7-5-6-8-21(20)27(23)31)18-11-9-17(10-12-18)19-13-25(33-3)24(16-30)26(14-19)34-4/h5-16,31H,1-4H3. The van der Waals surface area contributed by atoms with Crippen LogP contribution < -0.4 is 9.47 Å². The molecular weight excluding hydrogens is 430 g/mol. The Hall–Kier alpha value is -4.32. The van der Waals surface area contributed by atoms with Crippen LogP contribution in [0.3, 0.4) is 0 Å². The third kappa shape index (κ3) is 3.94. The van der Waals surface area contributed by atoms with Crippen molar-refractivity contribution in [1.29, 1.82) is 0 Å². The van der Waals surface area contributed by atoms with Gasteiger partial charge in [0.15, 0.2) is 6.29 Å². The quantitative estimate of drug-likeness (QED) is 0.394. The maximum Gasteiger partial charge on any atom is 0.257 e. The van der Waals surface area contributed by atoms with Crippen molar-refractivity contribution in [3.63, 3.8) is 0 Å². The van der Waals surface area contributed by atoms with Crippen LogP contribution in [0.5, 0.6) is 17.2 Å². The molecule has 0 fully saturated rings. The molecule has 6 nitrogen and oxygen atoms in total. The van der Waals surface area contributed by atoms with Gasteiger partial charge in [0.2, 0.25) is 0 Å². The zero-order chi connectivity index (χ0) is 24.4. The predicted octanol–water partition coefficient (Wildman–Crippen LogP) is 5.41. The van der Waals surface area contributed by atoms with Gasteiger partial charge in [-0.05, 0) is 45.8 Å². The van der Waals surface area contributed by atoms with Gasteiger partial charge < -0.3 is 19.5 Å². The lowest BCUT2D eigenvalue weighted by Gasteiger charge is -2.16. The van der Waals surface area contributed by atoms with E-state index >= 15 is 0 Å². The zero-order valence-electron chi connectivity index (χ0n) is 19.5. The molecule has 4 rings (SSSR count). The van der Waals surface area contributed by atoms with E-state index in [0.29, 0.717) is 28.7 Å². The van der Waals surface area contributed by atoms with Crippen LogP contribution in [0.2, 0.25) is 0 Å². The molecule has 6 heteroatoms. The number of phenols is 1. The average molecular weight is 456 g/mol. The number of carbonyl (C=O) groups excluding carboxylic acids is 2. The van der Waals surface area contributed by atoms with Crippen molar-refractivity contribution in [2.75, 3.05) is 28.3 Å². The molecule has 0 aromatic heterocycles. The van der Waals surface area contributed by atoms with Crippen LogP contribution in [-0.4, -0.2) is 50.5 Å². The minimum atomic E-state index is -0.268. The van der Waals surface area contributed by atoms with Gasteiger partial charge >= 0.3 is 0 Å². The first-order valence-corrected chi connectivity index (χ1v) is 10.7. The number of aldehydes is 1. The van der Waals surface area contributed by atoms with Crippen molar-refractivity contribution in [1.82, 2.24) is 4.90 Å². The van der Waals surface area contributed by atoms with Crippen molar-refractivity contribution < 1.29 is 24.2 Å². The number of fused-ring (bicyclic) bond motifs is 1. The summed E-state index contributed by atoms with van der Waals surface area (Å²) in [7, 11) is 6.34. The van der Waals surface area contributed by atoms with Crippen LogP contribution in [0.15, 0.2) is 66.7 Å². The molecule has 0 aliphatic carbocycles. The minimum absolute atomic E-state index is 0.0240. The predicted molar refractivity (Wildman–Crippen MR) is 133 cm³/mol. The Kier molecular flexibility index (Phi) is 6.23. The maximum absolute atomic E-state index is 12.7. The molecule has 0 unspecified atom stereocenters. The molecule has 0 aliphatic rings. The Morgan fingerprint density at radius 2 is 1.38 bits per heavy atom. The highest BCUT2D eigenvalue weighted by atomic mass is 16.5. The van der Waals surface area contributed by atoms with Gasteiger partial charge in [-0.2, -0.15) is 0 Å². The smallest absolute Gasteiger partial charge is 0.257 e. The van der Waals surface area contributed by atoms with Gasteiger partial charge in [0.1, 0.15) is 17.2 Å². The Morgan fingerprint density at radius 3 is 1.91 bits per heavy atom. The lowest BCUT2D eigenvalue weighted by molar-refractivity contribution is 0.0825. The normalized spacial score (nSPS) is 10.7.